The summed E-state index contributed by atoms with van der Waals surface area (Å²) in [6, 6.07) is 2.95. The molecule has 2 atom stereocenters. The van der Waals surface area contributed by atoms with Crippen LogP contribution in [0, 0.1) is 11.6 Å². The normalized spacial score (nSPS) is 14.3. The number of Topliss-reactive ketones (excluding diaryl/α,β-unsaturated/α-hetero) is 1. The maximum Gasteiger partial charge on any atom is 0.178 e. The van der Waals surface area contributed by atoms with Gasteiger partial charge in [0.25, 0.3) is 0 Å². The molecule has 0 spiro atoms. The van der Waals surface area contributed by atoms with Crippen molar-refractivity contribution < 1.29 is 18.7 Å². The summed E-state index contributed by atoms with van der Waals surface area (Å²) in [5.74, 6) is -1.89. The van der Waals surface area contributed by atoms with Gasteiger partial charge in [0.1, 0.15) is 11.6 Å². The maximum absolute atomic E-state index is 13.4. The lowest BCUT2D eigenvalue weighted by Crippen LogP contribution is -2.18. The zero-order valence-electron chi connectivity index (χ0n) is 10.3. The van der Waals surface area contributed by atoms with Gasteiger partial charge in [-0.2, -0.15) is 0 Å². The van der Waals surface area contributed by atoms with Crippen LogP contribution >= 0.6 is 11.8 Å². The lowest BCUT2D eigenvalue weighted by Gasteiger charge is -2.15. The zero-order valence-corrected chi connectivity index (χ0v) is 11.1. The molecule has 1 aromatic carbocycles. The topological polar surface area (TPSA) is 37.3 Å². The van der Waals surface area contributed by atoms with Gasteiger partial charge < -0.3 is 5.11 Å². The van der Waals surface area contributed by atoms with Gasteiger partial charge in [0.05, 0.1) is 10.8 Å². The molecule has 18 heavy (non-hydrogen) atoms. The first kappa shape index (κ1) is 15.1. The fourth-order valence-corrected chi connectivity index (χ4v) is 2.76. The Bertz CT molecular complexity index is 423. The van der Waals surface area contributed by atoms with Crippen LogP contribution in [0.2, 0.25) is 0 Å². The van der Waals surface area contributed by atoms with E-state index in [9.17, 15) is 13.6 Å². The van der Waals surface area contributed by atoms with E-state index in [4.69, 9.17) is 5.11 Å². The third-order valence-corrected chi connectivity index (χ3v) is 3.86. The Morgan fingerprint density at radius 2 is 2.06 bits per heavy atom. The van der Waals surface area contributed by atoms with Crippen LogP contribution < -0.4 is 0 Å². The maximum atomic E-state index is 13.4. The number of hydrogen-bond donors (Lipinski definition) is 1. The van der Waals surface area contributed by atoms with Crippen molar-refractivity contribution in [2.75, 3.05) is 6.61 Å². The highest BCUT2D eigenvalue weighted by atomic mass is 32.2. The molecule has 2 unspecified atom stereocenters. The van der Waals surface area contributed by atoms with E-state index in [-0.39, 0.29) is 23.2 Å². The van der Waals surface area contributed by atoms with Crippen molar-refractivity contribution in [3.63, 3.8) is 0 Å². The van der Waals surface area contributed by atoms with Crippen molar-refractivity contribution in [1.29, 1.82) is 0 Å². The third kappa shape index (κ3) is 4.07. The first-order valence-electron chi connectivity index (χ1n) is 5.71. The summed E-state index contributed by atoms with van der Waals surface area (Å²) in [7, 11) is 0. The average Bonchev–Trinajstić information content (AvgIpc) is 2.28. The molecule has 0 amide bonds. The molecule has 5 heteroatoms. The molecular formula is C13H16F2O2S. The minimum Gasteiger partial charge on any atom is -0.396 e. The minimum absolute atomic E-state index is 0.0555. The van der Waals surface area contributed by atoms with Gasteiger partial charge in [0.15, 0.2) is 5.78 Å². The molecule has 0 aliphatic carbocycles. The predicted octanol–water partition coefficient (Wildman–Crippen LogP) is 3.04. The molecule has 0 heterocycles. The van der Waals surface area contributed by atoms with E-state index in [2.05, 4.69) is 0 Å². The molecule has 1 rings (SSSR count). The van der Waals surface area contributed by atoms with Crippen molar-refractivity contribution in [3.8, 4) is 0 Å². The molecule has 0 aliphatic rings. The predicted molar refractivity (Wildman–Crippen MR) is 68.9 cm³/mol. The van der Waals surface area contributed by atoms with E-state index < -0.39 is 16.9 Å². The monoisotopic (exact) mass is 274 g/mol. The molecule has 100 valence electrons. The fraction of sp³-hybridized carbons (Fsp3) is 0.462. The third-order valence-electron chi connectivity index (χ3n) is 2.54. The molecule has 0 aromatic heterocycles. The number of hydrogen-bond acceptors (Lipinski definition) is 3. The molecule has 0 saturated carbocycles. The van der Waals surface area contributed by atoms with Crippen molar-refractivity contribution in [2.45, 2.75) is 30.8 Å². The second kappa shape index (κ2) is 6.85. The van der Waals surface area contributed by atoms with E-state index in [1.165, 1.54) is 17.8 Å². The number of carbonyl (C=O) groups excluding carboxylic acids is 1. The Hall–Kier alpha value is -0.940. The van der Waals surface area contributed by atoms with Crippen LogP contribution in [0.4, 0.5) is 8.78 Å². The summed E-state index contributed by atoms with van der Waals surface area (Å²) in [6.45, 7) is 3.63. The quantitative estimate of drug-likeness (QED) is 0.810. The summed E-state index contributed by atoms with van der Waals surface area (Å²) in [5.41, 5.74) is -0.0902. The van der Waals surface area contributed by atoms with Gasteiger partial charge in [-0.1, -0.05) is 6.92 Å². The Kier molecular flexibility index (Phi) is 5.75. The summed E-state index contributed by atoms with van der Waals surface area (Å²) in [6.07, 6.45) is 0.578. The first-order chi connectivity index (χ1) is 8.45. The smallest absolute Gasteiger partial charge is 0.178 e. The van der Waals surface area contributed by atoms with Crippen molar-refractivity contribution >= 4 is 17.5 Å². The summed E-state index contributed by atoms with van der Waals surface area (Å²) in [5, 5.41) is 8.46. The Morgan fingerprint density at radius 1 is 1.39 bits per heavy atom. The summed E-state index contributed by atoms with van der Waals surface area (Å²) < 4.78 is 26.2. The van der Waals surface area contributed by atoms with Crippen LogP contribution in [-0.4, -0.2) is 28.0 Å². The van der Waals surface area contributed by atoms with Crippen LogP contribution in [0.15, 0.2) is 18.2 Å². The number of thioether (sulfide) groups is 1. The standard InChI is InChI=1S/C13H16F2O2S/c1-8(5-6-16)18-9(2)13(17)11-4-3-10(14)7-12(11)15/h3-4,7-9,16H,5-6H2,1-2H3. The lowest BCUT2D eigenvalue weighted by atomic mass is 10.1. The van der Waals surface area contributed by atoms with E-state index in [1.807, 2.05) is 6.92 Å². The highest BCUT2D eigenvalue weighted by molar-refractivity contribution is 8.01. The molecule has 0 saturated heterocycles. The molecule has 0 bridgehead atoms. The zero-order chi connectivity index (χ0) is 13.7. The van der Waals surface area contributed by atoms with Gasteiger partial charge in [-0.15, -0.1) is 11.8 Å². The Labute approximate surface area is 109 Å². The molecular weight excluding hydrogens is 258 g/mol. The second-order valence-corrected chi connectivity index (χ2v) is 5.87. The van der Waals surface area contributed by atoms with E-state index >= 15 is 0 Å². The van der Waals surface area contributed by atoms with Crippen LogP contribution in [-0.2, 0) is 0 Å². The number of aliphatic hydroxyl groups is 1. The molecule has 1 aromatic rings. The lowest BCUT2D eigenvalue weighted by molar-refractivity contribution is 0.0989. The van der Waals surface area contributed by atoms with Crippen LogP contribution in [0.25, 0.3) is 0 Å². The second-order valence-electron chi connectivity index (χ2n) is 4.09. The number of carbonyl (C=O) groups is 1. The highest BCUT2D eigenvalue weighted by Gasteiger charge is 2.21. The van der Waals surface area contributed by atoms with Crippen LogP contribution in [0.3, 0.4) is 0 Å². The fourth-order valence-electron chi connectivity index (χ4n) is 1.57. The Morgan fingerprint density at radius 3 is 2.61 bits per heavy atom. The number of benzene rings is 1. The van der Waals surface area contributed by atoms with Crippen LogP contribution in [0.1, 0.15) is 30.6 Å². The van der Waals surface area contributed by atoms with E-state index in [1.54, 1.807) is 6.92 Å². The summed E-state index contributed by atoms with van der Waals surface area (Å²) >= 11 is 1.37. The molecule has 1 N–H and O–H groups in total. The molecule has 0 aliphatic heterocycles. The van der Waals surface area contributed by atoms with Crippen molar-refractivity contribution in [1.82, 2.24) is 0 Å². The van der Waals surface area contributed by atoms with Gasteiger partial charge in [-0.3, -0.25) is 4.79 Å². The SMILES string of the molecule is CC(CCO)SC(C)C(=O)c1ccc(F)cc1F. The molecule has 2 nitrogen and oxygen atoms in total. The van der Waals surface area contributed by atoms with E-state index in [0.717, 1.165) is 6.07 Å². The van der Waals surface area contributed by atoms with E-state index in [0.29, 0.717) is 12.5 Å². The van der Waals surface area contributed by atoms with Crippen molar-refractivity contribution in [3.05, 3.63) is 35.4 Å². The van der Waals surface area contributed by atoms with Crippen LogP contribution in [0.5, 0.6) is 0 Å². The van der Waals surface area contributed by atoms with Gasteiger partial charge in [-0.05, 0) is 25.5 Å². The number of rotatable bonds is 6. The minimum atomic E-state index is -0.831. The molecule has 0 radical (unpaired) electrons. The van der Waals surface area contributed by atoms with Gasteiger partial charge in [0.2, 0.25) is 0 Å². The van der Waals surface area contributed by atoms with Crippen molar-refractivity contribution in [2.24, 2.45) is 0 Å². The number of aliphatic hydroxyl groups excluding tert-OH is 1. The highest BCUT2D eigenvalue weighted by Crippen LogP contribution is 2.24. The number of halogens is 2. The summed E-state index contributed by atoms with van der Waals surface area (Å²) in [4.78, 5) is 12.0. The first-order valence-corrected chi connectivity index (χ1v) is 6.65. The molecule has 0 fully saturated rings. The average molecular weight is 274 g/mol. The largest absolute Gasteiger partial charge is 0.396 e. The van der Waals surface area contributed by atoms with Gasteiger partial charge in [0, 0.05) is 17.9 Å². The van der Waals surface area contributed by atoms with Gasteiger partial charge >= 0.3 is 0 Å². The van der Waals surface area contributed by atoms with Gasteiger partial charge in [-0.25, -0.2) is 8.78 Å². The Balaban J connectivity index is 2.74. The number of ketones is 1.